The van der Waals surface area contributed by atoms with E-state index in [0.717, 1.165) is 41.7 Å². The SMILES string of the molecule is Cc1cc(N2CCN(C(=O)COc3ccc4c(c3)CCC(=O)N4)CC2)nc(C(C)C)n1. The third-order valence-corrected chi connectivity index (χ3v) is 5.67. The lowest BCUT2D eigenvalue weighted by Crippen LogP contribution is -2.50. The smallest absolute Gasteiger partial charge is 0.260 e. The highest BCUT2D eigenvalue weighted by Gasteiger charge is 2.23. The summed E-state index contributed by atoms with van der Waals surface area (Å²) in [5.41, 5.74) is 2.83. The van der Waals surface area contributed by atoms with Gasteiger partial charge in [0, 0.05) is 56.0 Å². The Morgan fingerprint density at radius 3 is 2.65 bits per heavy atom. The van der Waals surface area contributed by atoms with Crippen LogP contribution in [0, 0.1) is 6.92 Å². The van der Waals surface area contributed by atoms with E-state index in [1.54, 1.807) is 6.07 Å². The molecule has 3 heterocycles. The number of aromatic nitrogens is 2. The summed E-state index contributed by atoms with van der Waals surface area (Å²) in [5, 5.41) is 2.85. The van der Waals surface area contributed by atoms with Gasteiger partial charge in [-0.15, -0.1) is 0 Å². The fourth-order valence-electron chi connectivity index (χ4n) is 3.87. The van der Waals surface area contributed by atoms with Crippen LogP contribution in [-0.4, -0.2) is 59.5 Å². The Morgan fingerprint density at radius 2 is 1.90 bits per heavy atom. The molecule has 1 saturated heterocycles. The number of benzene rings is 1. The summed E-state index contributed by atoms with van der Waals surface area (Å²) in [6, 6.07) is 7.54. The van der Waals surface area contributed by atoms with Crippen LogP contribution in [0.15, 0.2) is 24.3 Å². The maximum atomic E-state index is 12.6. The summed E-state index contributed by atoms with van der Waals surface area (Å²) in [7, 11) is 0. The first-order valence-corrected chi connectivity index (χ1v) is 10.8. The molecule has 0 atom stereocenters. The number of rotatable bonds is 5. The van der Waals surface area contributed by atoms with Crippen molar-refractivity contribution in [2.75, 3.05) is 43.0 Å². The van der Waals surface area contributed by atoms with Gasteiger partial charge in [-0.1, -0.05) is 13.8 Å². The molecule has 1 aromatic carbocycles. The first-order valence-electron chi connectivity index (χ1n) is 10.8. The molecule has 8 heteroatoms. The summed E-state index contributed by atoms with van der Waals surface area (Å²) in [5.74, 6) is 2.73. The second-order valence-corrected chi connectivity index (χ2v) is 8.40. The Kier molecular flexibility index (Phi) is 6.06. The van der Waals surface area contributed by atoms with E-state index < -0.39 is 0 Å². The Balaban J connectivity index is 1.30. The number of anilines is 2. The Bertz CT molecular complexity index is 983. The molecule has 2 aliphatic heterocycles. The van der Waals surface area contributed by atoms with Crippen LogP contribution in [0.1, 0.15) is 43.3 Å². The van der Waals surface area contributed by atoms with Gasteiger partial charge in [0.2, 0.25) is 5.91 Å². The summed E-state index contributed by atoms with van der Waals surface area (Å²) in [6.45, 7) is 8.92. The maximum absolute atomic E-state index is 12.6. The van der Waals surface area contributed by atoms with E-state index in [-0.39, 0.29) is 24.3 Å². The van der Waals surface area contributed by atoms with Crippen LogP contribution in [0.25, 0.3) is 0 Å². The van der Waals surface area contributed by atoms with Crippen molar-refractivity contribution in [3.8, 4) is 5.75 Å². The van der Waals surface area contributed by atoms with Crippen molar-refractivity contribution in [1.82, 2.24) is 14.9 Å². The third kappa shape index (κ3) is 4.95. The number of fused-ring (bicyclic) bond motifs is 1. The molecular weight excluding hydrogens is 394 g/mol. The number of carbonyl (C=O) groups excluding carboxylic acids is 2. The average molecular weight is 424 g/mol. The molecule has 0 saturated carbocycles. The highest BCUT2D eigenvalue weighted by molar-refractivity contribution is 5.94. The molecular formula is C23H29N5O3. The molecule has 8 nitrogen and oxygen atoms in total. The highest BCUT2D eigenvalue weighted by atomic mass is 16.5. The number of amides is 2. The topological polar surface area (TPSA) is 87.7 Å². The zero-order chi connectivity index (χ0) is 22.0. The fraction of sp³-hybridized carbons (Fsp3) is 0.478. The second kappa shape index (κ2) is 8.91. The minimum atomic E-state index is -0.0209. The van der Waals surface area contributed by atoms with E-state index in [4.69, 9.17) is 9.72 Å². The lowest BCUT2D eigenvalue weighted by molar-refractivity contribution is -0.133. The second-order valence-electron chi connectivity index (χ2n) is 8.40. The average Bonchev–Trinajstić information content (AvgIpc) is 2.77. The number of nitrogens with one attached hydrogen (secondary N) is 1. The van der Waals surface area contributed by atoms with Gasteiger partial charge < -0.3 is 19.9 Å². The molecule has 2 aliphatic rings. The fourth-order valence-corrected chi connectivity index (χ4v) is 3.87. The molecule has 1 fully saturated rings. The molecule has 1 N–H and O–H groups in total. The quantitative estimate of drug-likeness (QED) is 0.795. The lowest BCUT2D eigenvalue weighted by atomic mass is 10.0. The number of piperazine rings is 1. The number of aryl methyl sites for hydroxylation is 2. The molecule has 0 unspecified atom stereocenters. The largest absolute Gasteiger partial charge is 0.484 e. The van der Waals surface area contributed by atoms with E-state index in [1.165, 1.54) is 0 Å². The molecule has 0 aliphatic carbocycles. The Morgan fingerprint density at radius 1 is 1.13 bits per heavy atom. The van der Waals surface area contributed by atoms with E-state index >= 15 is 0 Å². The summed E-state index contributed by atoms with van der Waals surface area (Å²) in [6.07, 6.45) is 1.17. The van der Waals surface area contributed by atoms with Crippen LogP contribution in [0.4, 0.5) is 11.5 Å². The number of hydrogen-bond acceptors (Lipinski definition) is 6. The molecule has 164 valence electrons. The lowest BCUT2D eigenvalue weighted by Gasteiger charge is -2.35. The van der Waals surface area contributed by atoms with Crippen molar-refractivity contribution in [2.45, 2.75) is 39.5 Å². The van der Waals surface area contributed by atoms with Gasteiger partial charge in [0.1, 0.15) is 17.4 Å². The predicted octanol–water partition coefficient (Wildman–Crippen LogP) is 2.52. The van der Waals surface area contributed by atoms with Gasteiger partial charge in [0.25, 0.3) is 5.91 Å². The first-order chi connectivity index (χ1) is 14.9. The van der Waals surface area contributed by atoms with Crippen LogP contribution in [0.3, 0.4) is 0 Å². The predicted molar refractivity (Wildman–Crippen MR) is 119 cm³/mol. The minimum absolute atomic E-state index is 0.00919. The van der Waals surface area contributed by atoms with Gasteiger partial charge in [0.15, 0.2) is 6.61 Å². The van der Waals surface area contributed by atoms with E-state index in [2.05, 4.69) is 29.0 Å². The zero-order valence-corrected chi connectivity index (χ0v) is 18.4. The van der Waals surface area contributed by atoms with Crippen LogP contribution in [0.5, 0.6) is 5.75 Å². The van der Waals surface area contributed by atoms with Crippen LogP contribution >= 0.6 is 0 Å². The molecule has 2 aromatic rings. The Labute approximate surface area is 182 Å². The van der Waals surface area contributed by atoms with Crippen molar-refractivity contribution >= 4 is 23.3 Å². The van der Waals surface area contributed by atoms with Crippen molar-refractivity contribution in [1.29, 1.82) is 0 Å². The van der Waals surface area contributed by atoms with E-state index in [9.17, 15) is 9.59 Å². The summed E-state index contributed by atoms with van der Waals surface area (Å²) in [4.78, 5) is 37.4. The number of hydrogen-bond donors (Lipinski definition) is 1. The molecule has 0 spiro atoms. The summed E-state index contributed by atoms with van der Waals surface area (Å²) >= 11 is 0. The highest BCUT2D eigenvalue weighted by Crippen LogP contribution is 2.27. The van der Waals surface area contributed by atoms with Gasteiger partial charge in [-0.25, -0.2) is 9.97 Å². The van der Waals surface area contributed by atoms with Crippen LogP contribution in [0.2, 0.25) is 0 Å². The standard InChI is InChI=1S/C23H29N5O3/c1-15(2)23-24-16(3)12-20(26-23)27-8-10-28(11-9-27)22(30)14-31-18-5-6-19-17(13-18)4-7-21(29)25-19/h5-6,12-13,15H,4,7-11,14H2,1-3H3,(H,25,29). The van der Waals surface area contributed by atoms with E-state index in [0.29, 0.717) is 31.7 Å². The van der Waals surface area contributed by atoms with Gasteiger partial charge in [-0.2, -0.15) is 0 Å². The molecule has 4 rings (SSSR count). The van der Waals surface area contributed by atoms with Crippen molar-refractivity contribution < 1.29 is 14.3 Å². The number of carbonyl (C=O) groups is 2. The van der Waals surface area contributed by atoms with Crippen LogP contribution < -0.4 is 15.0 Å². The molecule has 2 amide bonds. The molecule has 0 bridgehead atoms. The van der Waals surface area contributed by atoms with Crippen molar-refractivity contribution in [2.24, 2.45) is 0 Å². The monoisotopic (exact) mass is 423 g/mol. The third-order valence-electron chi connectivity index (χ3n) is 5.67. The minimum Gasteiger partial charge on any atom is -0.484 e. The van der Waals surface area contributed by atoms with Gasteiger partial charge in [-0.05, 0) is 37.1 Å². The van der Waals surface area contributed by atoms with E-state index in [1.807, 2.05) is 30.0 Å². The first kappa shape index (κ1) is 21.1. The van der Waals surface area contributed by atoms with Gasteiger partial charge in [0.05, 0.1) is 0 Å². The summed E-state index contributed by atoms with van der Waals surface area (Å²) < 4.78 is 5.75. The molecule has 31 heavy (non-hydrogen) atoms. The Hall–Kier alpha value is -3.16. The number of nitrogens with zero attached hydrogens (tertiary/aromatic N) is 4. The van der Waals surface area contributed by atoms with Crippen LogP contribution in [-0.2, 0) is 16.0 Å². The maximum Gasteiger partial charge on any atom is 0.260 e. The zero-order valence-electron chi connectivity index (χ0n) is 18.4. The number of ether oxygens (including phenoxy) is 1. The molecule has 1 aromatic heterocycles. The van der Waals surface area contributed by atoms with Crippen molar-refractivity contribution in [3.63, 3.8) is 0 Å². The van der Waals surface area contributed by atoms with Gasteiger partial charge >= 0.3 is 0 Å². The van der Waals surface area contributed by atoms with Gasteiger partial charge in [-0.3, -0.25) is 9.59 Å². The molecule has 0 radical (unpaired) electrons. The van der Waals surface area contributed by atoms with Crippen molar-refractivity contribution in [3.05, 3.63) is 41.3 Å². The normalized spacial score (nSPS) is 16.2.